The SMILES string of the molecule is C=C(Cl)CNC(=O)/C=C/c1csc(C)n1. The van der Waals surface area contributed by atoms with Gasteiger partial charge in [0.25, 0.3) is 0 Å². The molecule has 0 aliphatic carbocycles. The number of thiazole rings is 1. The first-order valence-electron chi connectivity index (χ1n) is 4.29. The summed E-state index contributed by atoms with van der Waals surface area (Å²) in [5, 5.41) is 5.85. The van der Waals surface area contributed by atoms with Gasteiger partial charge in [0.15, 0.2) is 0 Å². The molecular weight excluding hydrogens is 232 g/mol. The molecule has 1 amide bonds. The molecule has 0 fully saturated rings. The van der Waals surface area contributed by atoms with Gasteiger partial charge in [0, 0.05) is 16.5 Å². The molecule has 0 spiro atoms. The molecule has 15 heavy (non-hydrogen) atoms. The molecule has 1 aromatic rings. The first kappa shape index (κ1) is 11.9. The first-order valence-corrected chi connectivity index (χ1v) is 5.55. The molecule has 0 saturated carbocycles. The van der Waals surface area contributed by atoms with Gasteiger partial charge in [-0.2, -0.15) is 0 Å². The molecule has 0 aromatic carbocycles. The van der Waals surface area contributed by atoms with E-state index < -0.39 is 0 Å². The average molecular weight is 243 g/mol. The Labute approximate surface area is 97.5 Å². The minimum absolute atomic E-state index is 0.206. The smallest absolute Gasteiger partial charge is 0.244 e. The summed E-state index contributed by atoms with van der Waals surface area (Å²) in [7, 11) is 0. The molecule has 0 radical (unpaired) electrons. The number of aromatic nitrogens is 1. The quantitative estimate of drug-likeness (QED) is 0.824. The monoisotopic (exact) mass is 242 g/mol. The summed E-state index contributed by atoms with van der Waals surface area (Å²) in [4.78, 5) is 15.4. The Bertz CT molecular complexity index is 398. The van der Waals surface area contributed by atoms with Gasteiger partial charge >= 0.3 is 0 Å². The van der Waals surface area contributed by atoms with Crippen LogP contribution in [0.1, 0.15) is 10.7 Å². The molecule has 1 N–H and O–H groups in total. The van der Waals surface area contributed by atoms with Crippen LogP contribution in [0.25, 0.3) is 6.08 Å². The zero-order chi connectivity index (χ0) is 11.3. The lowest BCUT2D eigenvalue weighted by Gasteiger charge is -1.97. The third kappa shape index (κ3) is 4.76. The van der Waals surface area contributed by atoms with E-state index >= 15 is 0 Å². The van der Waals surface area contributed by atoms with Gasteiger partial charge in [0.05, 0.1) is 17.2 Å². The van der Waals surface area contributed by atoms with Gasteiger partial charge < -0.3 is 5.32 Å². The third-order valence-corrected chi connectivity index (χ3v) is 2.42. The van der Waals surface area contributed by atoms with Crippen LogP contribution in [-0.2, 0) is 4.79 Å². The molecule has 0 saturated heterocycles. The highest BCUT2D eigenvalue weighted by Crippen LogP contribution is 2.08. The number of hydrogen-bond donors (Lipinski definition) is 1. The van der Waals surface area contributed by atoms with E-state index in [0.29, 0.717) is 5.03 Å². The fourth-order valence-corrected chi connectivity index (χ4v) is 1.51. The minimum Gasteiger partial charge on any atom is -0.348 e. The molecule has 0 aliphatic heterocycles. The largest absolute Gasteiger partial charge is 0.348 e. The van der Waals surface area contributed by atoms with Crippen LogP contribution in [0.15, 0.2) is 23.1 Å². The van der Waals surface area contributed by atoms with Crippen molar-refractivity contribution in [1.29, 1.82) is 0 Å². The Morgan fingerprint density at radius 3 is 3.07 bits per heavy atom. The number of carbonyl (C=O) groups is 1. The van der Waals surface area contributed by atoms with E-state index in [1.807, 2.05) is 12.3 Å². The van der Waals surface area contributed by atoms with E-state index in [2.05, 4.69) is 16.9 Å². The van der Waals surface area contributed by atoms with E-state index in [0.717, 1.165) is 10.7 Å². The molecule has 3 nitrogen and oxygen atoms in total. The fraction of sp³-hybridized carbons (Fsp3) is 0.200. The Morgan fingerprint density at radius 2 is 2.53 bits per heavy atom. The first-order chi connectivity index (χ1) is 7.08. The molecule has 0 bridgehead atoms. The zero-order valence-electron chi connectivity index (χ0n) is 8.29. The second-order valence-electron chi connectivity index (χ2n) is 2.86. The summed E-state index contributed by atoms with van der Waals surface area (Å²) < 4.78 is 0. The Hall–Kier alpha value is -1.13. The third-order valence-electron chi connectivity index (χ3n) is 1.50. The minimum atomic E-state index is -0.206. The van der Waals surface area contributed by atoms with Gasteiger partial charge in [-0.05, 0) is 13.0 Å². The van der Waals surface area contributed by atoms with E-state index in [1.54, 1.807) is 17.4 Å². The summed E-state index contributed by atoms with van der Waals surface area (Å²) in [6, 6.07) is 0. The maximum absolute atomic E-state index is 11.2. The molecule has 80 valence electrons. The molecule has 0 unspecified atom stereocenters. The van der Waals surface area contributed by atoms with Gasteiger partial charge in [-0.25, -0.2) is 4.98 Å². The van der Waals surface area contributed by atoms with Crippen LogP contribution in [0.3, 0.4) is 0 Å². The van der Waals surface area contributed by atoms with Crippen LogP contribution < -0.4 is 5.32 Å². The maximum atomic E-state index is 11.2. The van der Waals surface area contributed by atoms with Crippen LogP contribution >= 0.6 is 22.9 Å². The number of nitrogens with one attached hydrogen (secondary N) is 1. The molecule has 0 atom stereocenters. The van der Waals surface area contributed by atoms with Crippen LogP contribution in [-0.4, -0.2) is 17.4 Å². The summed E-state index contributed by atoms with van der Waals surface area (Å²) in [6.45, 7) is 5.66. The Morgan fingerprint density at radius 1 is 1.80 bits per heavy atom. The van der Waals surface area contributed by atoms with E-state index in [9.17, 15) is 4.79 Å². The average Bonchev–Trinajstić information content (AvgIpc) is 2.58. The summed E-state index contributed by atoms with van der Waals surface area (Å²) in [6.07, 6.45) is 3.09. The van der Waals surface area contributed by atoms with Gasteiger partial charge in [0.2, 0.25) is 5.91 Å². The van der Waals surface area contributed by atoms with Crippen molar-refractivity contribution in [2.45, 2.75) is 6.92 Å². The Balaban J connectivity index is 2.44. The van der Waals surface area contributed by atoms with Crippen LogP contribution in [0.2, 0.25) is 0 Å². The van der Waals surface area contributed by atoms with Crippen molar-refractivity contribution in [3.63, 3.8) is 0 Å². The van der Waals surface area contributed by atoms with Crippen LogP contribution in [0.5, 0.6) is 0 Å². The number of hydrogen-bond acceptors (Lipinski definition) is 3. The van der Waals surface area contributed by atoms with Crippen molar-refractivity contribution < 1.29 is 4.79 Å². The molecule has 1 heterocycles. The highest BCUT2D eigenvalue weighted by molar-refractivity contribution is 7.09. The highest BCUT2D eigenvalue weighted by Gasteiger charge is 1.97. The number of amides is 1. The van der Waals surface area contributed by atoms with Gasteiger partial charge in [-0.15, -0.1) is 11.3 Å². The summed E-state index contributed by atoms with van der Waals surface area (Å²) >= 11 is 7.04. The zero-order valence-corrected chi connectivity index (χ0v) is 9.86. The molecular formula is C10H11ClN2OS. The summed E-state index contributed by atoms with van der Waals surface area (Å²) in [5.41, 5.74) is 0.789. The second kappa shape index (κ2) is 5.68. The number of rotatable bonds is 4. The van der Waals surface area contributed by atoms with Gasteiger partial charge in [-0.1, -0.05) is 18.2 Å². The molecule has 1 rings (SSSR count). The van der Waals surface area contributed by atoms with Crippen molar-refractivity contribution in [3.05, 3.63) is 33.8 Å². The number of aryl methyl sites for hydroxylation is 1. The van der Waals surface area contributed by atoms with Crippen LogP contribution in [0, 0.1) is 6.92 Å². The normalized spacial score (nSPS) is 10.5. The predicted octanol–water partition coefficient (Wildman–Crippen LogP) is 2.33. The fourth-order valence-electron chi connectivity index (χ4n) is 0.860. The van der Waals surface area contributed by atoms with Crippen molar-refractivity contribution in [2.75, 3.05) is 6.54 Å². The van der Waals surface area contributed by atoms with Crippen LogP contribution in [0.4, 0.5) is 0 Å². The lowest BCUT2D eigenvalue weighted by Crippen LogP contribution is -2.21. The summed E-state index contributed by atoms with van der Waals surface area (Å²) in [5.74, 6) is -0.206. The van der Waals surface area contributed by atoms with E-state index in [-0.39, 0.29) is 12.5 Å². The van der Waals surface area contributed by atoms with Crippen molar-refractivity contribution in [3.8, 4) is 0 Å². The molecule has 1 aromatic heterocycles. The standard InChI is InChI=1S/C10H11ClN2OS/c1-7(11)5-12-10(14)4-3-9-6-15-8(2)13-9/h3-4,6H,1,5H2,2H3,(H,12,14)/b4-3+. The number of nitrogens with zero attached hydrogens (tertiary/aromatic N) is 1. The lowest BCUT2D eigenvalue weighted by molar-refractivity contribution is -0.116. The van der Waals surface area contributed by atoms with E-state index in [1.165, 1.54) is 6.08 Å². The lowest BCUT2D eigenvalue weighted by atomic mass is 10.4. The number of halogens is 1. The van der Waals surface area contributed by atoms with Gasteiger partial charge in [-0.3, -0.25) is 4.79 Å². The maximum Gasteiger partial charge on any atom is 0.244 e. The van der Waals surface area contributed by atoms with Crippen molar-refractivity contribution in [2.24, 2.45) is 0 Å². The molecule has 0 aliphatic rings. The second-order valence-corrected chi connectivity index (χ2v) is 4.46. The van der Waals surface area contributed by atoms with Crippen molar-refractivity contribution in [1.82, 2.24) is 10.3 Å². The van der Waals surface area contributed by atoms with Gasteiger partial charge in [0.1, 0.15) is 0 Å². The van der Waals surface area contributed by atoms with Crippen molar-refractivity contribution >= 4 is 34.9 Å². The predicted molar refractivity (Wildman–Crippen MR) is 63.9 cm³/mol. The number of carbonyl (C=O) groups excluding carboxylic acids is 1. The highest BCUT2D eigenvalue weighted by atomic mass is 35.5. The molecule has 5 heteroatoms. The topological polar surface area (TPSA) is 42.0 Å². The van der Waals surface area contributed by atoms with E-state index in [4.69, 9.17) is 11.6 Å². The Kier molecular flexibility index (Phi) is 4.52.